The van der Waals surface area contributed by atoms with Gasteiger partial charge >= 0.3 is 0 Å². The number of halogens is 1. The van der Waals surface area contributed by atoms with Crippen molar-refractivity contribution in [1.82, 2.24) is 9.38 Å². The number of aromatic nitrogens is 2. The van der Waals surface area contributed by atoms with E-state index in [1.165, 1.54) is 6.07 Å². The molecule has 0 aliphatic heterocycles. The SMILES string of the molecule is Cc1cccn2c(-c3ccccc3F)ncc12. The summed E-state index contributed by atoms with van der Waals surface area (Å²) in [5, 5.41) is 0. The predicted octanol–water partition coefficient (Wildman–Crippen LogP) is 3.45. The first-order valence-corrected chi connectivity index (χ1v) is 5.45. The van der Waals surface area contributed by atoms with Crippen LogP contribution in [0.25, 0.3) is 16.9 Å². The molecule has 2 aromatic heterocycles. The molecule has 0 saturated carbocycles. The van der Waals surface area contributed by atoms with Crippen LogP contribution in [0.1, 0.15) is 5.56 Å². The van der Waals surface area contributed by atoms with Crippen LogP contribution in [0, 0.1) is 12.7 Å². The molecule has 0 aliphatic rings. The predicted molar refractivity (Wildman–Crippen MR) is 65.3 cm³/mol. The second-order valence-electron chi connectivity index (χ2n) is 4.01. The maximum Gasteiger partial charge on any atom is 0.147 e. The highest BCUT2D eigenvalue weighted by Gasteiger charge is 2.10. The van der Waals surface area contributed by atoms with E-state index in [2.05, 4.69) is 4.98 Å². The zero-order valence-electron chi connectivity index (χ0n) is 9.39. The highest BCUT2D eigenvalue weighted by atomic mass is 19.1. The van der Waals surface area contributed by atoms with E-state index in [-0.39, 0.29) is 5.82 Å². The fourth-order valence-corrected chi connectivity index (χ4v) is 2.00. The first kappa shape index (κ1) is 10.0. The Hall–Kier alpha value is -2.16. The monoisotopic (exact) mass is 226 g/mol. The Balaban J connectivity index is 2.33. The molecule has 3 aromatic rings. The number of nitrogens with zero attached hydrogens (tertiary/aromatic N) is 2. The standard InChI is InChI=1S/C14H11FN2/c1-10-5-4-8-17-13(10)9-16-14(17)11-6-2-3-7-12(11)15/h2-9H,1H3. The molecular formula is C14H11FN2. The van der Waals surface area contributed by atoms with Crippen molar-refractivity contribution >= 4 is 5.52 Å². The van der Waals surface area contributed by atoms with Gasteiger partial charge in [-0.2, -0.15) is 0 Å². The third kappa shape index (κ3) is 1.51. The van der Waals surface area contributed by atoms with Crippen molar-refractivity contribution < 1.29 is 4.39 Å². The van der Waals surface area contributed by atoms with Crippen LogP contribution in [0.15, 0.2) is 48.8 Å². The van der Waals surface area contributed by atoms with Crippen LogP contribution in [0.5, 0.6) is 0 Å². The quantitative estimate of drug-likeness (QED) is 0.621. The molecule has 84 valence electrons. The minimum atomic E-state index is -0.249. The molecule has 2 heterocycles. The fourth-order valence-electron chi connectivity index (χ4n) is 2.00. The van der Waals surface area contributed by atoms with Crippen LogP contribution in [-0.4, -0.2) is 9.38 Å². The molecule has 0 saturated heterocycles. The molecule has 1 aromatic carbocycles. The van der Waals surface area contributed by atoms with Crippen LogP contribution >= 0.6 is 0 Å². The Bertz CT molecular complexity index is 686. The lowest BCUT2D eigenvalue weighted by atomic mass is 10.2. The van der Waals surface area contributed by atoms with Crippen LogP contribution in [-0.2, 0) is 0 Å². The summed E-state index contributed by atoms with van der Waals surface area (Å²) in [4.78, 5) is 4.31. The number of hydrogen-bond donors (Lipinski definition) is 0. The van der Waals surface area contributed by atoms with E-state index in [0.29, 0.717) is 11.4 Å². The van der Waals surface area contributed by atoms with E-state index >= 15 is 0 Å². The van der Waals surface area contributed by atoms with Crippen LogP contribution < -0.4 is 0 Å². The molecular weight excluding hydrogens is 215 g/mol. The van der Waals surface area contributed by atoms with Gasteiger partial charge in [-0.3, -0.25) is 4.40 Å². The van der Waals surface area contributed by atoms with E-state index in [0.717, 1.165) is 11.1 Å². The summed E-state index contributed by atoms with van der Waals surface area (Å²) >= 11 is 0. The van der Waals surface area contributed by atoms with Gasteiger partial charge in [0, 0.05) is 6.20 Å². The lowest BCUT2D eigenvalue weighted by molar-refractivity contribution is 0.630. The summed E-state index contributed by atoms with van der Waals surface area (Å²) in [6, 6.07) is 10.6. The zero-order chi connectivity index (χ0) is 11.8. The number of rotatable bonds is 1. The van der Waals surface area contributed by atoms with Gasteiger partial charge in [-0.1, -0.05) is 18.2 Å². The van der Waals surface area contributed by atoms with Gasteiger partial charge in [-0.05, 0) is 30.7 Å². The summed E-state index contributed by atoms with van der Waals surface area (Å²) in [7, 11) is 0. The lowest BCUT2D eigenvalue weighted by Gasteiger charge is -2.03. The summed E-state index contributed by atoms with van der Waals surface area (Å²) in [6.45, 7) is 2.02. The Kier molecular flexibility index (Phi) is 2.18. The highest BCUT2D eigenvalue weighted by molar-refractivity contribution is 5.65. The number of fused-ring (bicyclic) bond motifs is 1. The minimum absolute atomic E-state index is 0.249. The van der Waals surface area contributed by atoms with Crippen molar-refractivity contribution in [3.63, 3.8) is 0 Å². The molecule has 0 spiro atoms. The molecule has 3 rings (SSSR count). The van der Waals surface area contributed by atoms with Gasteiger partial charge in [0.25, 0.3) is 0 Å². The molecule has 0 N–H and O–H groups in total. The van der Waals surface area contributed by atoms with Gasteiger partial charge in [0.2, 0.25) is 0 Å². The Labute approximate surface area is 98.4 Å². The first-order chi connectivity index (χ1) is 8.27. The molecule has 0 radical (unpaired) electrons. The smallest absolute Gasteiger partial charge is 0.147 e. The van der Waals surface area contributed by atoms with Crippen molar-refractivity contribution in [2.45, 2.75) is 6.92 Å². The average Bonchev–Trinajstić information content (AvgIpc) is 2.75. The van der Waals surface area contributed by atoms with Crippen LogP contribution in [0.2, 0.25) is 0 Å². The zero-order valence-corrected chi connectivity index (χ0v) is 9.39. The molecule has 0 atom stereocenters. The normalized spacial score (nSPS) is 10.9. The molecule has 0 aliphatic carbocycles. The summed E-state index contributed by atoms with van der Waals surface area (Å²) in [6.07, 6.45) is 3.67. The average molecular weight is 226 g/mol. The van der Waals surface area contributed by atoms with E-state index in [1.54, 1.807) is 18.3 Å². The first-order valence-electron chi connectivity index (χ1n) is 5.45. The van der Waals surface area contributed by atoms with Gasteiger partial charge in [0.1, 0.15) is 11.6 Å². The van der Waals surface area contributed by atoms with Crippen molar-refractivity contribution in [2.75, 3.05) is 0 Å². The third-order valence-corrected chi connectivity index (χ3v) is 2.90. The Morgan fingerprint density at radius 2 is 1.94 bits per heavy atom. The van der Waals surface area contributed by atoms with Crippen molar-refractivity contribution in [1.29, 1.82) is 0 Å². The molecule has 0 fully saturated rings. The summed E-state index contributed by atoms with van der Waals surface area (Å²) in [5.74, 6) is 0.392. The molecule has 0 unspecified atom stereocenters. The number of hydrogen-bond acceptors (Lipinski definition) is 1. The van der Waals surface area contributed by atoms with Crippen LogP contribution in [0.4, 0.5) is 4.39 Å². The van der Waals surface area contributed by atoms with Crippen LogP contribution in [0.3, 0.4) is 0 Å². The van der Waals surface area contributed by atoms with Crippen molar-refractivity contribution in [3.8, 4) is 11.4 Å². The minimum Gasteiger partial charge on any atom is -0.299 e. The Morgan fingerprint density at radius 3 is 2.76 bits per heavy atom. The second-order valence-corrected chi connectivity index (χ2v) is 4.01. The number of imidazole rings is 1. The third-order valence-electron chi connectivity index (χ3n) is 2.90. The lowest BCUT2D eigenvalue weighted by Crippen LogP contribution is -1.92. The van der Waals surface area contributed by atoms with Gasteiger partial charge in [0.15, 0.2) is 0 Å². The van der Waals surface area contributed by atoms with E-state index in [9.17, 15) is 4.39 Å². The van der Waals surface area contributed by atoms with E-state index in [1.807, 2.05) is 35.7 Å². The maximum atomic E-state index is 13.7. The second kappa shape index (κ2) is 3.70. The number of aryl methyl sites for hydroxylation is 1. The molecule has 0 bridgehead atoms. The maximum absolute atomic E-state index is 13.7. The number of pyridine rings is 1. The highest BCUT2D eigenvalue weighted by Crippen LogP contribution is 2.23. The van der Waals surface area contributed by atoms with Gasteiger partial charge in [-0.15, -0.1) is 0 Å². The Morgan fingerprint density at radius 1 is 1.12 bits per heavy atom. The fraction of sp³-hybridized carbons (Fsp3) is 0.0714. The van der Waals surface area contributed by atoms with Gasteiger partial charge < -0.3 is 0 Å². The summed E-state index contributed by atoms with van der Waals surface area (Å²) in [5.41, 5.74) is 2.66. The van der Waals surface area contributed by atoms with Gasteiger partial charge in [0.05, 0.1) is 17.3 Å². The van der Waals surface area contributed by atoms with Crippen molar-refractivity contribution in [3.05, 3.63) is 60.2 Å². The topological polar surface area (TPSA) is 17.3 Å². The van der Waals surface area contributed by atoms with Gasteiger partial charge in [-0.25, -0.2) is 9.37 Å². The molecule has 2 nitrogen and oxygen atoms in total. The van der Waals surface area contributed by atoms with Crippen molar-refractivity contribution in [2.24, 2.45) is 0 Å². The molecule has 3 heteroatoms. The largest absolute Gasteiger partial charge is 0.299 e. The van der Waals surface area contributed by atoms with E-state index in [4.69, 9.17) is 0 Å². The van der Waals surface area contributed by atoms with E-state index < -0.39 is 0 Å². The number of benzene rings is 1. The summed E-state index contributed by atoms with van der Waals surface area (Å²) < 4.78 is 15.6. The molecule has 17 heavy (non-hydrogen) atoms. The molecule has 0 amide bonds.